The van der Waals surface area contributed by atoms with Gasteiger partial charge in [-0.25, -0.2) is 4.99 Å². The molecular formula is C19H16BrClN2O3S. The Labute approximate surface area is 174 Å². The summed E-state index contributed by atoms with van der Waals surface area (Å²) in [5.41, 5.74) is 2.38. The van der Waals surface area contributed by atoms with Gasteiger partial charge < -0.3 is 14.8 Å². The molecule has 1 amide bonds. The van der Waals surface area contributed by atoms with Gasteiger partial charge in [0, 0.05) is 9.50 Å². The van der Waals surface area contributed by atoms with Crippen LogP contribution in [0.5, 0.6) is 11.5 Å². The van der Waals surface area contributed by atoms with Crippen LogP contribution in [0.4, 0.5) is 5.69 Å². The molecule has 1 fully saturated rings. The lowest BCUT2D eigenvalue weighted by molar-refractivity contribution is -0.115. The average molecular weight is 468 g/mol. The van der Waals surface area contributed by atoms with Crippen LogP contribution in [0.25, 0.3) is 6.08 Å². The number of halogens is 2. The quantitative estimate of drug-likeness (QED) is 0.618. The summed E-state index contributed by atoms with van der Waals surface area (Å²) in [6.07, 6.45) is 1.78. The summed E-state index contributed by atoms with van der Waals surface area (Å²) in [6, 6.07) is 9.09. The molecule has 0 unspecified atom stereocenters. The molecule has 1 saturated heterocycles. The van der Waals surface area contributed by atoms with Crippen LogP contribution in [-0.4, -0.2) is 25.3 Å². The number of hydrogen-bond donors (Lipinski definition) is 1. The number of carbonyl (C=O) groups is 1. The zero-order valence-electron chi connectivity index (χ0n) is 14.8. The van der Waals surface area contributed by atoms with E-state index in [1.807, 2.05) is 19.1 Å². The van der Waals surface area contributed by atoms with Gasteiger partial charge in [0.2, 0.25) is 0 Å². The van der Waals surface area contributed by atoms with Crippen LogP contribution >= 0.6 is 39.3 Å². The van der Waals surface area contributed by atoms with Crippen LogP contribution in [0.15, 0.2) is 44.7 Å². The minimum atomic E-state index is -0.208. The summed E-state index contributed by atoms with van der Waals surface area (Å²) in [5, 5.41) is 3.92. The molecule has 5 nitrogen and oxygen atoms in total. The molecule has 0 radical (unpaired) electrons. The van der Waals surface area contributed by atoms with E-state index in [1.165, 1.54) is 11.8 Å². The van der Waals surface area contributed by atoms with Crippen molar-refractivity contribution in [1.82, 2.24) is 5.32 Å². The maximum absolute atomic E-state index is 12.3. The molecule has 8 heteroatoms. The van der Waals surface area contributed by atoms with Crippen molar-refractivity contribution in [3.05, 3.63) is 55.9 Å². The Bertz CT molecular complexity index is 976. The molecule has 2 aromatic rings. The van der Waals surface area contributed by atoms with Crippen LogP contribution in [0.3, 0.4) is 0 Å². The Morgan fingerprint density at radius 3 is 2.63 bits per heavy atom. The van der Waals surface area contributed by atoms with Gasteiger partial charge >= 0.3 is 0 Å². The van der Waals surface area contributed by atoms with Crippen LogP contribution < -0.4 is 14.8 Å². The van der Waals surface area contributed by atoms with Gasteiger partial charge in [-0.2, -0.15) is 0 Å². The van der Waals surface area contributed by atoms with Crippen molar-refractivity contribution in [3.8, 4) is 11.5 Å². The number of nitrogens with one attached hydrogen (secondary N) is 1. The van der Waals surface area contributed by atoms with Crippen molar-refractivity contribution >= 4 is 62.1 Å². The summed E-state index contributed by atoms with van der Waals surface area (Å²) in [5.74, 6) is 0.980. The molecule has 0 aliphatic carbocycles. The molecule has 1 aliphatic heterocycles. The predicted molar refractivity (Wildman–Crippen MR) is 114 cm³/mol. The van der Waals surface area contributed by atoms with Gasteiger partial charge in [0.05, 0.1) is 24.8 Å². The first kappa shape index (κ1) is 19.8. The van der Waals surface area contributed by atoms with Crippen molar-refractivity contribution < 1.29 is 14.3 Å². The average Bonchev–Trinajstić information content (AvgIpc) is 2.99. The van der Waals surface area contributed by atoms with Gasteiger partial charge in [-0.1, -0.05) is 33.6 Å². The first-order chi connectivity index (χ1) is 12.9. The van der Waals surface area contributed by atoms with Crippen molar-refractivity contribution in [3.63, 3.8) is 0 Å². The van der Waals surface area contributed by atoms with Crippen LogP contribution in [0.2, 0.25) is 5.02 Å². The fourth-order valence-electron chi connectivity index (χ4n) is 2.43. The maximum Gasteiger partial charge on any atom is 0.264 e. The van der Waals surface area contributed by atoms with E-state index in [0.717, 1.165) is 21.3 Å². The molecule has 0 aromatic heterocycles. The van der Waals surface area contributed by atoms with Crippen molar-refractivity contribution in [1.29, 1.82) is 0 Å². The fourth-order valence-corrected chi connectivity index (χ4v) is 3.86. The second-order valence-corrected chi connectivity index (χ2v) is 7.89. The van der Waals surface area contributed by atoms with E-state index in [9.17, 15) is 4.79 Å². The van der Waals surface area contributed by atoms with Gasteiger partial charge in [-0.05, 0) is 60.2 Å². The molecule has 0 spiro atoms. The van der Waals surface area contributed by atoms with Crippen molar-refractivity contribution in [2.75, 3.05) is 14.2 Å². The zero-order valence-corrected chi connectivity index (χ0v) is 18.0. The second-order valence-electron chi connectivity index (χ2n) is 5.59. The molecule has 2 aromatic carbocycles. The molecule has 27 heavy (non-hydrogen) atoms. The standard InChI is InChI=1S/C19H16BrClN2O3S/c1-10-13(21)5-4-6-14(10)22-19-23-18(24)17(27-19)8-11-7-15(25-2)16(26-3)9-12(11)20/h4-9H,1-3H3,(H,22,23,24)/b17-8+. The van der Waals surface area contributed by atoms with Crippen LogP contribution in [0, 0.1) is 6.92 Å². The molecule has 3 rings (SSSR count). The zero-order chi connectivity index (χ0) is 19.6. The number of rotatable bonds is 4. The highest BCUT2D eigenvalue weighted by molar-refractivity contribution is 9.10. The summed E-state index contributed by atoms with van der Waals surface area (Å²) in [6.45, 7) is 1.89. The highest BCUT2D eigenvalue weighted by Crippen LogP contribution is 2.36. The number of amides is 1. The first-order valence-electron chi connectivity index (χ1n) is 7.89. The van der Waals surface area contributed by atoms with E-state index in [1.54, 1.807) is 38.5 Å². The molecule has 0 atom stereocenters. The lowest BCUT2D eigenvalue weighted by atomic mass is 10.2. The number of amidine groups is 1. The van der Waals surface area contributed by atoms with Gasteiger partial charge in [-0.15, -0.1) is 0 Å². The SMILES string of the molecule is COc1cc(Br)c(/C=C2/SC(=Nc3cccc(Cl)c3C)NC2=O)cc1OC. The van der Waals surface area contributed by atoms with Crippen LogP contribution in [-0.2, 0) is 4.79 Å². The molecule has 0 bridgehead atoms. The number of nitrogens with zero attached hydrogens (tertiary/aromatic N) is 1. The second kappa shape index (κ2) is 8.37. The molecule has 1 aliphatic rings. The van der Waals surface area contributed by atoms with Gasteiger partial charge in [-0.3, -0.25) is 4.79 Å². The number of hydrogen-bond acceptors (Lipinski definition) is 5. The third kappa shape index (κ3) is 4.31. The monoisotopic (exact) mass is 466 g/mol. The number of thioether (sulfide) groups is 1. The third-order valence-electron chi connectivity index (χ3n) is 3.90. The lowest BCUT2D eigenvalue weighted by Gasteiger charge is -2.10. The molecule has 0 saturated carbocycles. The van der Waals surface area contributed by atoms with Crippen LogP contribution in [0.1, 0.15) is 11.1 Å². The summed E-state index contributed by atoms with van der Waals surface area (Å²) in [7, 11) is 3.14. The summed E-state index contributed by atoms with van der Waals surface area (Å²) >= 11 is 10.9. The number of benzene rings is 2. The van der Waals surface area contributed by atoms with E-state index >= 15 is 0 Å². The predicted octanol–water partition coefficient (Wildman–Crippen LogP) is 5.32. The van der Waals surface area contributed by atoms with Gasteiger partial charge in [0.1, 0.15) is 0 Å². The van der Waals surface area contributed by atoms with E-state index < -0.39 is 0 Å². The van der Waals surface area contributed by atoms with E-state index in [4.69, 9.17) is 21.1 Å². The number of ether oxygens (including phenoxy) is 2. The highest BCUT2D eigenvalue weighted by Gasteiger charge is 2.24. The fraction of sp³-hybridized carbons (Fsp3) is 0.158. The summed E-state index contributed by atoms with van der Waals surface area (Å²) < 4.78 is 11.4. The lowest BCUT2D eigenvalue weighted by Crippen LogP contribution is -2.19. The van der Waals surface area contributed by atoms with Gasteiger partial charge in [0.15, 0.2) is 16.7 Å². The van der Waals surface area contributed by atoms with E-state index in [-0.39, 0.29) is 5.91 Å². The Morgan fingerprint density at radius 2 is 1.93 bits per heavy atom. The minimum absolute atomic E-state index is 0.208. The maximum atomic E-state index is 12.3. The largest absolute Gasteiger partial charge is 0.493 e. The first-order valence-corrected chi connectivity index (χ1v) is 9.88. The Kier molecular flexibility index (Phi) is 6.14. The molecular weight excluding hydrogens is 452 g/mol. The van der Waals surface area contributed by atoms with Gasteiger partial charge in [0.25, 0.3) is 5.91 Å². The Balaban J connectivity index is 1.92. The Morgan fingerprint density at radius 1 is 1.22 bits per heavy atom. The minimum Gasteiger partial charge on any atom is -0.493 e. The topological polar surface area (TPSA) is 59.9 Å². The Hall–Kier alpha value is -1.96. The smallest absolute Gasteiger partial charge is 0.264 e. The highest BCUT2D eigenvalue weighted by atomic mass is 79.9. The third-order valence-corrected chi connectivity index (χ3v) is 5.91. The number of methoxy groups -OCH3 is 2. The van der Waals surface area contributed by atoms with E-state index in [2.05, 4.69) is 26.2 Å². The van der Waals surface area contributed by atoms with Crippen molar-refractivity contribution in [2.45, 2.75) is 6.92 Å². The molecule has 140 valence electrons. The van der Waals surface area contributed by atoms with Crippen molar-refractivity contribution in [2.24, 2.45) is 4.99 Å². The summed E-state index contributed by atoms with van der Waals surface area (Å²) in [4.78, 5) is 17.4. The number of aliphatic imine (C=N–C) groups is 1. The molecule has 1 heterocycles. The normalized spacial score (nSPS) is 16.7. The number of carbonyl (C=O) groups excluding carboxylic acids is 1. The molecule has 1 N–H and O–H groups in total. The van der Waals surface area contributed by atoms with E-state index in [0.29, 0.717) is 26.6 Å².